The van der Waals surface area contributed by atoms with Crippen molar-refractivity contribution >= 4 is 17.3 Å². The van der Waals surface area contributed by atoms with Gasteiger partial charge in [0.15, 0.2) is 5.70 Å². The van der Waals surface area contributed by atoms with Crippen molar-refractivity contribution in [3.05, 3.63) is 71.4 Å². The average Bonchev–Trinajstić information content (AvgIpc) is 2.58. The largest absolute Gasteiger partial charge is 0.384 e. The summed E-state index contributed by atoms with van der Waals surface area (Å²) in [5, 5.41) is 5.84. The number of pyridine rings is 1. The number of carbonyl (C=O) groups excluding carboxylic acids is 1. The summed E-state index contributed by atoms with van der Waals surface area (Å²) in [6.07, 6.45) is 3.40. The topological polar surface area (TPSA) is 92.4 Å². The molecule has 0 aliphatic carbocycles. The molecule has 0 saturated carbocycles. The van der Waals surface area contributed by atoms with Crippen molar-refractivity contribution in [2.75, 3.05) is 11.9 Å². The lowest BCUT2D eigenvalue weighted by molar-refractivity contribution is -0.113. The monoisotopic (exact) mass is 307 g/mol. The first kappa shape index (κ1) is 14.8. The minimum atomic E-state index is -0.342. The van der Waals surface area contributed by atoms with E-state index in [0.717, 1.165) is 22.5 Å². The summed E-state index contributed by atoms with van der Waals surface area (Å²) in [6.45, 7) is 2.38. The molecule has 1 aromatic heterocycles. The number of carbonyl (C=O) groups is 1. The molecule has 0 saturated heterocycles. The summed E-state index contributed by atoms with van der Waals surface area (Å²) >= 11 is 0. The van der Waals surface area contributed by atoms with Gasteiger partial charge in [-0.3, -0.25) is 9.78 Å². The number of nitrogens with two attached hydrogens (primary N) is 1. The van der Waals surface area contributed by atoms with Crippen molar-refractivity contribution in [3.63, 3.8) is 0 Å². The van der Waals surface area contributed by atoms with Crippen molar-refractivity contribution in [1.82, 2.24) is 10.3 Å². The van der Waals surface area contributed by atoms with E-state index in [1.54, 1.807) is 12.4 Å². The van der Waals surface area contributed by atoms with E-state index in [0.29, 0.717) is 6.54 Å². The maximum Gasteiger partial charge on any atom is 0.278 e. The number of amides is 1. The van der Waals surface area contributed by atoms with Gasteiger partial charge >= 0.3 is 0 Å². The highest BCUT2D eigenvalue weighted by Gasteiger charge is 2.20. The van der Waals surface area contributed by atoms with Gasteiger partial charge in [0.25, 0.3) is 5.91 Å². The fraction of sp³-hybridized carbons (Fsp3) is 0.118. The molecule has 0 atom stereocenters. The van der Waals surface area contributed by atoms with Crippen LogP contribution in [0.15, 0.2) is 65.3 Å². The van der Waals surface area contributed by atoms with Gasteiger partial charge in [-0.25, -0.2) is 4.99 Å². The van der Waals surface area contributed by atoms with Crippen LogP contribution in [0.25, 0.3) is 0 Å². The number of anilines is 1. The van der Waals surface area contributed by atoms with Crippen molar-refractivity contribution < 1.29 is 4.79 Å². The van der Waals surface area contributed by atoms with Gasteiger partial charge < -0.3 is 16.4 Å². The number of benzene rings is 1. The zero-order valence-electron chi connectivity index (χ0n) is 12.7. The van der Waals surface area contributed by atoms with E-state index in [1.807, 2.05) is 43.3 Å². The molecule has 2 heterocycles. The predicted octanol–water partition coefficient (Wildman–Crippen LogP) is 1.55. The van der Waals surface area contributed by atoms with E-state index < -0.39 is 0 Å². The molecule has 1 amide bonds. The van der Waals surface area contributed by atoms with E-state index in [4.69, 9.17) is 5.73 Å². The van der Waals surface area contributed by atoms with Crippen LogP contribution in [0.4, 0.5) is 5.69 Å². The summed E-state index contributed by atoms with van der Waals surface area (Å²) in [4.78, 5) is 21.0. The van der Waals surface area contributed by atoms with E-state index >= 15 is 0 Å². The van der Waals surface area contributed by atoms with Crippen molar-refractivity contribution in [2.24, 2.45) is 10.7 Å². The molecule has 1 aromatic carbocycles. The van der Waals surface area contributed by atoms with Crippen LogP contribution in [-0.4, -0.2) is 23.1 Å². The van der Waals surface area contributed by atoms with Crippen LogP contribution in [0.3, 0.4) is 0 Å². The van der Waals surface area contributed by atoms with Gasteiger partial charge in [0.2, 0.25) is 0 Å². The number of nitrogens with one attached hydrogen (secondary N) is 2. The van der Waals surface area contributed by atoms with Gasteiger partial charge in [-0.1, -0.05) is 24.3 Å². The molecule has 4 N–H and O–H groups in total. The number of aryl methyl sites for hydroxylation is 1. The molecule has 3 rings (SSSR count). The fourth-order valence-electron chi connectivity index (χ4n) is 2.27. The zero-order chi connectivity index (χ0) is 16.2. The average molecular weight is 307 g/mol. The summed E-state index contributed by atoms with van der Waals surface area (Å²) < 4.78 is 0. The minimum Gasteiger partial charge on any atom is -0.384 e. The van der Waals surface area contributed by atoms with Crippen LogP contribution in [0.5, 0.6) is 0 Å². The van der Waals surface area contributed by atoms with Gasteiger partial charge in [-0.05, 0) is 24.6 Å². The minimum absolute atomic E-state index is 0.179. The molecule has 116 valence electrons. The van der Waals surface area contributed by atoms with E-state index in [-0.39, 0.29) is 17.4 Å². The molecule has 0 radical (unpaired) electrons. The molecule has 23 heavy (non-hydrogen) atoms. The molecule has 1 aliphatic heterocycles. The Morgan fingerprint density at radius 2 is 2.09 bits per heavy atom. The predicted molar refractivity (Wildman–Crippen MR) is 89.8 cm³/mol. The zero-order valence-corrected chi connectivity index (χ0v) is 12.7. The first-order chi connectivity index (χ1) is 11.1. The van der Waals surface area contributed by atoms with Gasteiger partial charge in [-0.2, -0.15) is 0 Å². The first-order valence-electron chi connectivity index (χ1n) is 7.23. The number of hydrogen-bond acceptors (Lipinski definition) is 5. The van der Waals surface area contributed by atoms with Crippen molar-refractivity contribution in [3.8, 4) is 0 Å². The molecular formula is C17H17N5O. The first-order valence-corrected chi connectivity index (χ1v) is 7.23. The number of aliphatic imine (C=N–C) groups is 1. The van der Waals surface area contributed by atoms with Gasteiger partial charge in [-0.15, -0.1) is 0 Å². The van der Waals surface area contributed by atoms with Gasteiger partial charge in [0.05, 0.1) is 12.3 Å². The molecular weight excluding hydrogens is 290 g/mol. The number of hydrogen-bond donors (Lipinski definition) is 3. The third kappa shape index (κ3) is 3.21. The van der Waals surface area contributed by atoms with Crippen molar-refractivity contribution in [1.29, 1.82) is 0 Å². The Hall–Kier alpha value is -3.15. The molecule has 0 unspecified atom stereocenters. The van der Waals surface area contributed by atoms with Crippen molar-refractivity contribution in [2.45, 2.75) is 6.92 Å². The van der Waals surface area contributed by atoms with Crippen LogP contribution in [0.2, 0.25) is 0 Å². The van der Waals surface area contributed by atoms with Crippen LogP contribution >= 0.6 is 0 Å². The lowest BCUT2D eigenvalue weighted by Crippen LogP contribution is -2.35. The summed E-state index contributed by atoms with van der Waals surface area (Å²) in [5.41, 5.74) is 9.37. The Morgan fingerprint density at radius 1 is 1.26 bits per heavy atom. The smallest absolute Gasteiger partial charge is 0.278 e. The Balaban J connectivity index is 1.87. The SMILES string of the molecule is Cc1ccccc1NC(=O)C1=C(N)NCC(c2cccnc2)=N1. The third-order valence-electron chi connectivity index (χ3n) is 3.55. The Bertz CT molecular complexity index is 796. The normalized spacial score (nSPS) is 14.0. The fourth-order valence-corrected chi connectivity index (χ4v) is 2.27. The highest BCUT2D eigenvalue weighted by atomic mass is 16.2. The standard InChI is InChI=1S/C17H17N5O/c1-11-5-2-3-7-13(11)22-17(23)15-16(18)20-10-14(21-15)12-6-4-8-19-9-12/h2-9,20H,10,18H2,1H3,(H,22,23). The van der Waals surface area contributed by atoms with Crippen LogP contribution in [-0.2, 0) is 4.79 Å². The van der Waals surface area contributed by atoms with E-state index in [1.165, 1.54) is 0 Å². The second kappa shape index (κ2) is 6.31. The van der Waals surface area contributed by atoms with Gasteiger partial charge in [0, 0.05) is 23.6 Å². The van der Waals surface area contributed by atoms with Crippen LogP contribution < -0.4 is 16.4 Å². The maximum absolute atomic E-state index is 12.5. The number of para-hydroxylation sites is 1. The Kier molecular flexibility index (Phi) is 4.05. The molecule has 0 bridgehead atoms. The molecule has 2 aromatic rings. The Labute approximate surface area is 134 Å². The summed E-state index contributed by atoms with van der Waals surface area (Å²) in [7, 11) is 0. The second-order valence-corrected chi connectivity index (χ2v) is 5.19. The van der Waals surface area contributed by atoms with E-state index in [2.05, 4.69) is 20.6 Å². The molecule has 0 fully saturated rings. The van der Waals surface area contributed by atoms with Crippen LogP contribution in [0, 0.1) is 6.92 Å². The lowest BCUT2D eigenvalue weighted by atomic mass is 10.1. The van der Waals surface area contributed by atoms with E-state index in [9.17, 15) is 4.79 Å². The highest BCUT2D eigenvalue weighted by molar-refractivity contribution is 6.10. The lowest BCUT2D eigenvalue weighted by Gasteiger charge is -2.18. The molecule has 6 nitrogen and oxygen atoms in total. The summed E-state index contributed by atoms with van der Waals surface area (Å²) in [5.74, 6) is -0.0749. The number of nitrogens with zero attached hydrogens (tertiary/aromatic N) is 2. The molecule has 0 spiro atoms. The number of aromatic nitrogens is 1. The van der Waals surface area contributed by atoms with Gasteiger partial charge in [0.1, 0.15) is 5.82 Å². The Morgan fingerprint density at radius 3 is 2.83 bits per heavy atom. The highest BCUT2D eigenvalue weighted by Crippen LogP contribution is 2.16. The molecule has 6 heteroatoms. The maximum atomic E-state index is 12.5. The number of rotatable bonds is 3. The second-order valence-electron chi connectivity index (χ2n) is 5.19. The third-order valence-corrected chi connectivity index (χ3v) is 3.55. The van der Waals surface area contributed by atoms with Crippen LogP contribution in [0.1, 0.15) is 11.1 Å². The quantitative estimate of drug-likeness (QED) is 0.802. The summed E-state index contributed by atoms with van der Waals surface area (Å²) in [6, 6.07) is 11.3. The molecule has 1 aliphatic rings.